The molecule has 0 saturated heterocycles. The Morgan fingerprint density at radius 3 is 0.677 bits per heavy atom. The smallest absolute Gasteiger partial charge is 0.306 e. The van der Waals surface area contributed by atoms with E-state index >= 15 is 0 Å². The number of carbonyl (C=O) groups is 2. The zero-order valence-corrected chi connectivity index (χ0v) is 44.5. The lowest BCUT2D eigenvalue weighted by Gasteiger charge is -2.15. The lowest BCUT2D eigenvalue weighted by molar-refractivity contribution is -0.161. The maximum atomic E-state index is 12.3. The van der Waals surface area contributed by atoms with Gasteiger partial charge < -0.3 is 14.6 Å². The molecule has 1 atom stereocenters. The van der Waals surface area contributed by atoms with Crippen molar-refractivity contribution in [2.45, 2.75) is 360 Å². The van der Waals surface area contributed by atoms with Crippen LogP contribution in [0, 0.1) is 0 Å². The van der Waals surface area contributed by atoms with Crippen molar-refractivity contribution in [2.75, 3.05) is 13.2 Å². The molecule has 0 aliphatic rings. The van der Waals surface area contributed by atoms with Gasteiger partial charge in [-0.3, -0.25) is 9.59 Å². The van der Waals surface area contributed by atoms with Gasteiger partial charge in [0.15, 0.2) is 6.10 Å². The molecule has 1 N–H and O–H groups in total. The summed E-state index contributed by atoms with van der Waals surface area (Å²) >= 11 is 0. The highest BCUT2D eigenvalue weighted by Crippen LogP contribution is 2.19. The van der Waals surface area contributed by atoms with Crippen LogP contribution < -0.4 is 0 Å². The molecular formula is C60H118O5. The van der Waals surface area contributed by atoms with Gasteiger partial charge in [-0.2, -0.15) is 0 Å². The summed E-state index contributed by atoms with van der Waals surface area (Å²) in [5.41, 5.74) is 0. The van der Waals surface area contributed by atoms with Crippen molar-refractivity contribution in [1.29, 1.82) is 0 Å². The molecule has 0 rings (SSSR count). The van der Waals surface area contributed by atoms with Crippen molar-refractivity contribution < 1.29 is 24.2 Å². The Bertz CT molecular complexity index is 906. The Kier molecular flexibility index (Phi) is 56.3. The molecule has 1 unspecified atom stereocenters. The van der Waals surface area contributed by atoms with Crippen molar-refractivity contribution in [1.82, 2.24) is 0 Å². The number of rotatable bonds is 57. The summed E-state index contributed by atoms with van der Waals surface area (Å²) in [6.07, 6.45) is 69.6. The Morgan fingerprint density at radius 1 is 0.292 bits per heavy atom. The minimum absolute atomic E-state index is 0.0556. The number of unbranched alkanes of at least 4 members (excludes halogenated alkanes) is 49. The highest BCUT2D eigenvalue weighted by atomic mass is 16.6. The average Bonchev–Trinajstić information content (AvgIpc) is 3.31. The molecule has 5 nitrogen and oxygen atoms in total. The summed E-state index contributed by atoms with van der Waals surface area (Å²) in [5, 5.41) is 9.66. The van der Waals surface area contributed by atoms with Crippen molar-refractivity contribution >= 4 is 11.9 Å². The predicted octanol–water partition coefficient (Wildman–Crippen LogP) is 20.1. The van der Waals surface area contributed by atoms with Crippen LogP contribution >= 0.6 is 0 Å². The second-order valence-corrected chi connectivity index (χ2v) is 20.8. The van der Waals surface area contributed by atoms with Gasteiger partial charge in [0.2, 0.25) is 0 Å². The maximum absolute atomic E-state index is 12.3. The molecule has 388 valence electrons. The van der Waals surface area contributed by atoms with E-state index < -0.39 is 6.10 Å². The fourth-order valence-electron chi connectivity index (χ4n) is 9.62. The number of ether oxygens (including phenoxy) is 2. The summed E-state index contributed by atoms with van der Waals surface area (Å²) in [6, 6.07) is 0. The number of aliphatic hydroxyl groups is 1. The van der Waals surface area contributed by atoms with Crippen LogP contribution in [-0.2, 0) is 19.1 Å². The first kappa shape index (κ1) is 63.9. The van der Waals surface area contributed by atoms with Gasteiger partial charge in [0, 0.05) is 12.8 Å². The molecule has 0 heterocycles. The molecule has 0 aromatic carbocycles. The molecule has 0 bridgehead atoms. The summed E-state index contributed by atoms with van der Waals surface area (Å²) in [7, 11) is 0. The van der Waals surface area contributed by atoms with Crippen LogP contribution in [0.5, 0.6) is 0 Å². The van der Waals surface area contributed by atoms with Crippen LogP contribution in [0.2, 0.25) is 0 Å². The zero-order valence-electron chi connectivity index (χ0n) is 44.5. The number of esters is 2. The molecule has 0 fully saturated rings. The molecule has 0 radical (unpaired) electrons. The molecule has 65 heavy (non-hydrogen) atoms. The summed E-state index contributed by atoms with van der Waals surface area (Å²) in [5.74, 6) is -0.562. The van der Waals surface area contributed by atoms with Gasteiger partial charge in [0.05, 0.1) is 6.61 Å². The zero-order chi connectivity index (χ0) is 47.0. The van der Waals surface area contributed by atoms with Gasteiger partial charge in [0.1, 0.15) is 6.61 Å². The Hall–Kier alpha value is -1.10. The molecule has 0 aliphatic carbocycles. The fraction of sp³-hybridized carbons (Fsp3) is 0.967. The van der Waals surface area contributed by atoms with Gasteiger partial charge in [-0.1, -0.05) is 328 Å². The predicted molar refractivity (Wildman–Crippen MR) is 284 cm³/mol. The first-order valence-corrected chi connectivity index (χ1v) is 30.1. The summed E-state index contributed by atoms with van der Waals surface area (Å²) in [4.78, 5) is 24.5. The second kappa shape index (κ2) is 57.2. The van der Waals surface area contributed by atoms with E-state index in [4.69, 9.17) is 9.47 Å². The van der Waals surface area contributed by atoms with Crippen LogP contribution in [0.3, 0.4) is 0 Å². The third kappa shape index (κ3) is 55.4. The van der Waals surface area contributed by atoms with Crippen LogP contribution in [0.4, 0.5) is 0 Å². The molecule has 0 aromatic heterocycles. The first-order valence-electron chi connectivity index (χ1n) is 30.1. The van der Waals surface area contributed by atoms with Crippen molar-refractivity contribution in [3.8, 4) is 0 Å². The third-order valence-electron chi connectivity index (χ3n) is 14.2. The molecule has 0 aliphatic heterocycles. The van der Waals surface area contributed by atoms with Crippen molar-refractivity contribution in [3.05, 3.63) is 0 Å². The van der Waals surface area contributed by atoms with Crippen LogP contribution in [0.1, 0.15) is 354 Å². The number of carbonyl (C=O) groups excluding carboxylic acids is 2. The molecular weight excluding hydrogens is 801 g/mol. The van der Waals surface area contributed by atoms with Gasteiger partial charge in [-0.15, -0.1) is 0 Å². The van der Waals surface area contributed by atoms with E-state index in [0.717, 1.165) is 32.1 Å². The van der Waals surface area contributed by atoms with Gasteiger partial charge in [-0.05, 0) is 12.8 Å². The lowest BCUT2D eigenvalue weighted by atomic mass is 10.0. The number of hydrogen-bond donors (Lipinski definition) is 1. The Balaban J connectivity index is 3.38. The van der Waals surface area contributed by atoms with Crippen molar-refractivity contribution in [3.63, 3.8) is 0 Å². The highest BCUT2D eigenvalue weighted by molar-refractivity contribution is 5.70. The monoisotopic (exact) mass is 919 g/mol. The minimum atomic E-state index is -0.764. The van der Waals surface area contributed by atoms with E-state index in [9.17, 15) is 14.7 Å². The average molecular weight is 920 g/mol. The van der Waals surface area contributed by atoms with Gasteiger partial charge in [-0.25, -0.2) is 0 Å². The lowest BCUT2D eigenvalue weighted by Crippen LogP contribution is -2.28. The SMILES string of the molecule is CCCCCCCCCCCCCCCCCCCCCCCCCCCCCCC(=O)OC(CO)COC(=O)CCCCCCCCCCCCCCCCCCCCCCCCC. The van der Waals surface area contributed by atoms with Gasteiger partial charge in [0.25, 0.3) is 0 Å². The van der Waals surface area contributed by atoms with Crippen LogP contribution in [0.25, 0.3) is 0 Å². The molecule has 0 spiro atoms. The maximum Gasteiger partial charge on any atom is 0.306 e. The topological polar surface area (TPSA) is 72.8 Å². The van der Waals surface area contributed by atoms with E-state index in [1.807, 2.05) is 0 Å². The van der Waals surface area contributed by atoms with E-state index in [0.29, 0.717) is 12.8 Å². The summed E-state index contributed by atoms with van der Waals surface area (Å²) < 4.78 is 10.7. The number of aliphatic hydroxyl groups excluding tert-OH is 1. The standard InChI is InChI=1S/C60H118O5/c1-3-5-7-9-11-13-15-17-19-21-23-25-27-28-29-30-31-33-35-37-39-41-43-45-47-49-51-53-55-60(63)65-58(56-61)57-64-59(62)54-52-50-48-46-44-42-40-38-36-34-32-26-24-22-20-18-16-14-12-10-8-6-4-2/h58,61H,3-57H2,1-2H3. The molecule has 5 heteroatoms. The number of hydrogen-bond acceptors (Lipinski definition) is 5. The van der Waals surface area contributed by atoms with E-state index in [-0.39, 0.29) is 25.2 Å². The third-order valence-corrected chi connectivity index (χ3v) is 14.2. The highest BCUT2D eigenvalue weighted by Gasteiger charge is 2.16. The van der Waals surface area contributed by atoms with E-state index in [1.54, 1.807) is 0 Å². The van der Waals surface area contributed by atoms with Gasteiger partial charge >= 0.3 is 11.9 Å². The quantitative estimate of drug-likeness (QED) is 0.0486. The second-order valence-electron chi connectivity index (χ2n) is 20.8. The fourth-order valence-corrected chi connectivity index (χ4v) is 9.62. The normalized spacial score (nSPS) is 12.0. The minimum Gasteiger partial charge on any atom is -0.462 e. The van der Waals surface area contributed by atoms with Crippen LogP contribution in [0.15, 0.2) is 0 Å². The Labute approximate surface area is 408 Å². The molecule has 0 aromatic rings. The summed E-state index contributed by atoms with van der Waals surface area (Å²) in [6.45, 7) is 4.22. The Morgan fingerprint density at radius 2 is 0.477 bits per heavy atom. The van der Waals surface area contributed by atoms with Crippen molar-refractivity contribution in [2.24, 2.45) is 0 Å². The van der Waals surface area contributed by atoms with Crippen LogP contribution in [-0.4, -0.2) is 36.4 Å². The molecule has 0 amide bonds. The first-order chi connectivity index (χ1) is 32.1. The van der Waals surface area contributed by atoms with E-state index in [1.165, 1.54) is 295 Å². The molecule has 0 saturated carbocycles. The largest absolute Gasteiger partial charge is 0.462 e. The van der Waals surface area contributed by atoms with E-state index in [2.05, 4.69) is 13.8 Å².